The fourth-order valence-electron chi connectivity index (χ4n) is 2.08. The quantitative estimate of drug-likeness (QED) is 0.268. The Morgan fingerprint density at radius 1 is 1.08 bits per heavy atom. The maximum absolute atomic E-state index is 11.6. The second kappa shape index (κ2) is 9.14. The third-order valence-corrected chi connectivity index (χ3v) is 9.43. The van der Waals surface area contributed by atoms with Crippen molar-refractivity contribution in [3.8, 4) is 11.5 Å². The van der Waals surface area contributed by atoms with Crippen LogP contribution in [0.3, 0.4) is 0 Å². The lowest BCUT2D eigenvalue weighted by atomic mass is 9.94. The number of hydrogen-bond acceptors (Lipinski definition) is 2. The molecule has 0 aliphatic heterocycles. The van der Waals surface area contributed by atoms with Crippen molar-refractivity contribution in [2.24, 2.45) is 0 Å². The zero-order valence-corrected chi connectivity index (χ0v) is 17.7. The number of hydrazine groups is 1. The molecule has 1 atom stereocenters. The Hall–Kier alpha value is -1.68. The topological polar surface area (TPSA) is 89.9 Å². The van der Waals surface area contributed by atoms with Gasteiger partial charge >= 0.3 is 12.2 Å². The van der Waals surface area contributed by atoms with E-state index in [9.17, 15) is 14.7 Å². The van der Waals surface area contributed by atoms with Crippen LogP contribution in [0.5, 0.6) is 0 Å². The van der Waals surface area contributed by atoms with Crippen molar-refractivity contribution < 1.29 is 19.8 Å². The highest BCUT2D eigenvalue weighted by molar-refractivity contribution is 6.87. The molecule has 2 amide bonds. The van der Waals surface area contributed by atoms with Gasteiger partial charge in [0.05, 0.1) is 0 Å². The summed E-state index contributed by atoms with van der Waals surface area (Å²) >= 11 is 0. The molecule has 0 aromatic heterocycles. The number of nitrogens with one attached hydrogen (secondary N) is 1. The van der Waals surface area contributed by atoms with E-state index in [0.717, 1.165) is 30.7 Å². The number of rotatable bonds is 6. The van der Waals surface area contributed by atoms with E-state index in [-0.39, 0.29) is 5.04 Å². The predicted octanol–water partition coefficient (Wildman–Crippen LogP) is 4.93. The number of unbranched alkanes of at least 4 members (excludes halogenated alkanes) is 3. The molecule has 0 aromatic carbocycles. The molecular formula is C18H34N2O4Si. The van der Waals surface area contributed by atoms with Crippen LogP contribution in [-0.2, 0) is 0 Å². The fraction of sp³-hybridized carbons (Fsp3) is 0.778. The Bertz CT molecular complexity index is 531. The van der Waals surface area contributed by atoms with Gasteiger partial charge in [-0.1, -0.05) is 72.4 Å². The van der Waals surface area contributed by atoms with Crippen LogP contribution in [0.4, 0.5) is 9.59 Å². The summed E-state index contributed by atoms with van der Waals surface area (Å²) in [6.07, 6.45) is 1.63. The molecule has 0 radical (unpaired) electrons. The number of hydrogen-bond donors (Lipinski definition) is 3. The lowest BCUT2D eigenvalue weighted by Crippen LogP contribution is -2.57. The van der Waals surface area contributed by atoms with Crippen LogP contribution in [0.2, 0.25) is 18.1 Å². The molecule has 7 heteroatoms. The average molecular weight is 371 g/mol. The van der Waals surface area contributed by atoms with Gasteiger partial charge < -0.3 is 10.2 Å². The van der Waals surface area contributed by atoms with Gasteiger partial charge in [0.2, 0.25) is 0 Å². The van der Waals surface area contributed by atoms with Gasteiger partial charge in [0, 0.05) is 0 Å². The molecule has 0 aliphatic rings. The first kappa shape index (κ1) is 23.3. The van der Waals surface area contributed by atoms with Crippen LogP contribution in [0, 0.1) is 11.5 Å². The van der Waals surface area contributed by atoms with Gasteiger partial charge in [0.25, 0.3) is 0 Å². The summed E-state index contributed by atoms with van der Waals surface area (Å²) in [5, 5.41) is 19.3. The normalized spacial score (nSPS) is 14.0. The SMILES string of the molecule is CCCCCCC(C)(C#C[Si](C)(C)C(C)(C)C)N(NC(=O)O)C(=O)O. The van der Waals surface area contributed by atoms with Crippen molar-refractivity contribution in [3.05, 3.63) is 0 Å². The number of carboxylic acid groups (broad SMARTS) is 2. The summed E-state index contributed by atoms with van der Waals surface area (Å²) < 4.78 is 0. The molecule has 0 heterocycles. The summed E-state index contributed by atoms with van der Waals surface area (Å²) in [6, 6.07) is 0. The van der Waals surface area contributed by atoms with Gasteiger partial charge in [-0.2, -0.15) is 5.01 Å². The van der Waals surface area contributed by atoms with Crippen LogP contribution >= 0.6 is 0 Å². The Balaban J connectivity index is 5.74. The summed E-state index contributed by atoms with van der Waals surface area (Å²) in [5.74, 6) is 3.14. The summed E-state index contributed by atoms with van der Waals surface area (Å²) in [6.45, 7) is 14.5. The second-order valence-electron chi connectivity index (χ2n) is 8.24. The fourth-order valence-corrected chi connectivity index (χ4v) is 3.04. The number of amides is 2. The van der Waals surface area contributed by atoms with Crippen molar-refractivity contribution in [2.45, 2.75) is 90.4 Å². The molecule has 6 nitrogen and oxygen atoms in total. The monoisotopic (exact) mass is 370 g/mol. The molecule has 0 aromatic rings. The highest BCUT2D eigenvalue weighted by atomic mass is 28.3. The van der Waals surface area contributed by atoms with Crippen molar-refractivity contribution in [2.75, 3.05) is 0 Å². The molecule has 0 fully saturated rings. The Morgan fingerprint density at radius 3 is 2.04 bits per heavy atom. The first-order valence-electron chi connectivity index (χ1n) is 8.84. The van der Waals surface area contributed by atoms with Gasteiger partial charge in [0.1, 0.15) is 13.6 Å². The summed E-state index contributed by atoms with van der Waals surface area (Å²) in [4.78, 5) is 22.7. The maximum Gasteiger partial charge on any atom is 0.427 e. The van der Waals surface area contributed by atoms with Crippen LogP contribution in [-0.4, -0.2) is 41.0 Å². The first-order chi connectivity index (χ1) is 11.3. The van der Waals surface area contributed by atoms with E-state index in [1.54, 1.807) is 6.92 Å². The zero-order chi connectivity index (χ0) is 19.9. The minimum absolute atomic E-state index is 0.0391. The maximum atomic E-state index is 11.6. The largest absolute Gasteiger partial charge is 0.464 e. The van der Waals surface area contributed by atoms with E-state index in [2.05, 4.69) is 52.3 Å². The van der Waals surface area contributed by atoms with Crippen LogP contribution in [0.15, 0.2) is 0 Å². The second-order valence-corrected chi connectivity index (χ2v) is 13.2. The lowest BCUT2D eigenvalue weighted by Gasteiger charge is -2.36. The minimum atomic E-state index is -1.95. The van der Waals surface area contributed by atoms with Crippen molar-refractivity contribution in [3.63, 3.8) is 0 Å². The number of nitrogens with zero attached hydrogens (tertiary/aromatic N) is 1. The third kappa shape index (κ3) is 7.39. The van der Waals surface area contributed by atoms with E-state index in [4.69, 9.17) is 5.11 Å². The predicted molar refractivity (Wildman–Crippen MR) is 103 cm³/mol. The van der Waals surface area contributed by atoms with E-state index in [0.29, 0.717) is 6.42 Å². The Morgan fingerprint density at radius 2 is 1.64 bits per heavy atom. The molecule has 144 valence electrons. The van der Waals surface area contributed by atoms with Gasteiger partial charge in [-0.05, 0) is 18.4 Å². The van der Waals surface area contributed by atoms with Gasteiger partial charge in [0.15, 0.2) is 0 Å². The average Bonchev–Trinajstić information content (AvgIpc) is 2.46. The molecule has 0 saturated heterocycles. The molecule has 1 unspecified atom stereocenters. The van der Waals surface area contributed by atoms with Crippen LogP contribution < -0.4 is 5.43 Å². The molecular weight excluding hydrogens is 336 g/mol. The lowest BCUT2D eigenvalue weighted by molar-refractivity contribution is 0.0651. The molecule has 0 aliphatic carbocycles. The van der Waals surface area contributed by atoms with Gasteiger partial charge in [-0.25, -0.2) is 15.0 Å². The third-order valence-electron chi connectivity index (χ3n) is 4.93. The highest BCUT2D eigenvalue weighted by Gasteiger charge is 2.38. The molecule has 25 heavy (non-hydrogen) atoms. The van der Waals surface area contributed by atoms with E-state index in [1.807, 2.05) is 5.43 Å². The Labute approximate surface area is 153 Å². The smallest absolute Gasteiger partial charge is 0.427 e. The molecule has 0 bridgehead atoms. The van der Waals surface area contributed by atoms with E-state index < -0.39 is 25.8 Å². The standard InChI is InChI=1S/C18H34N2O4Si/c1-8-9-10-11-12-18(5,20(16(23)24)19-15(21)22)13-14-25(6,7)17(2,3)4/h19H,8-12H2,1-7H3,(H,21,22)(H,23,24). The van der Waals surface area contributed by atoms with Crippen LogP contribution in [0.25, 0.3) is 0 Å². The van der Waals surface area contributed by atoms with Gasteiger partial charge in [-0.3, -0.25) is 0 Å². The molecule has 0 rings (SSSR count). The summed E-state index contributed by atoms with van der Waals surface area (Å²) in [7, 11) is -1.95. The van der Waals surface area contributed by atoms with Crippen molar-refractivity contribution >= 4 is 20.3 Å². The molecule has 0 spiro atoms. The van der Waals surface area contributed by atoms with Crippen molar-refractivity contribution in [1.82, 2.24) is 10.4 Å². The highest BCUT2D eigenvalue weighted by Crippen LogP contribution is 2.35. The molecule has 3 N–H and O–H groups in total. The molecule has 0 saturated carbocycles. The van der Waals surface area contributed by atoms with Crippen molar-refractivity contribution in [1.29, 1.82) is 0 Å². The minimum Gasteiger partial charge on any atom is -0.464 e. The van der Waals surface area contributed by atoms with E-state index >= 15 is 0 Å². The van der Waals surface area contributed by atoms with Gasteiger partial charge in [-0.15, -0.1) is 5.54 Å². The number of carbonyl (C=O) groups is 2. The first-order valence-corrected chi connectivity index (χ1v) is 11.8. The summed E-state index contributed by atoms with van der Waals surface area (Å²) in [5.41, 5.74) is 4.25. The zero-order valence-electron chi connectivity index (χ0n) is 16.7. The van der Waals surface area contributed by atoms with E-state index in [1.165, 1.54) is 0 Å². The Kier molecular flexibility index (Phi) is 8.52. The van der Waals surface area contributed by atoms with Crippen LogP contribution in [0.1, 0.15) is 66.7 Å².